The lowest BCUT2D eigenvalue weighted by molar-refractivity contribution is 0.102. The van der Waals surface area contributed by atoms with Crippen LogP contribution in [0.1, 0.15) is 41.4 Å². The van der Waals surface area contributed by atoms with Crippen LogP contribution in [0.4, 0.5) is 5.69 Å². The Morgan fingerprint density at radius 1 is 1.08 bits per heavy atom. The van der Waals surface area contributed by atoms with Gasteiger partial charge >= 0.3 is 0 Å². The number of anilines is 1. The van der Waals surface area contributed by atoms with Crippen molar-refractivity contribution in [3.05, 3.63) is 69.6 Å². The summed E-state index contributed by atoms with van der Waals surface area (Å²) in [6, 6.07) is 13.0. The van der Waals surface area contributed by atoms with E-state index in [1.54, 1.807) is 31.3 Å². The molecule has 0 aliphatic carbocycles. The molecule has 128 valence electrons. The fourth-order valence-electron chi connectivity index (χ4n) is 2.98. The molecule has 0 saturated carbocycles. The number of hydrogen-bond acceptors (Lipinski definition) is 3. The van der Waals surface area contributed by atoms with E-state index in [0.29, 0.717) is 10.8 Å². The van der Waals surface area contributed by atoms with Crippen molar-refractivity contribution in [2.45, 2.75) is 26.7 Å². The van der Waals surface area contributed by atoms with Gasteiger partial charge in [0.25, 0.3) is 11.5 Å². The van der Waals surface area contributed by atoms with Gasteiger partial charge in [-0.2, -0.15) is 5.10 Å². The Hall–Kier alpha value is -2.95. The van der Waals surface area contributed by atoms with Gasteiger partial charge in [-0.3, -0.25) is 9.59 Å². The molecule has 1 N–H and O–H groups in total. The van der Waals surface area contributed by atoms with Crippen LogP contribution in [0.5, 0.6) is 0 Å². The van der Waals surface area contributed by atoms with Crippen LogP contribution >= 0.6 is 0 Å². The van der Waals surface area contributed by atoms with Crippen LogP contribution in [0.25, 0.3) is 10.8 Å². The second kappa shape index (κ2) is 6.51. The molecular weight excluding hydrogens is 314 g/mol. The molecule has 0 atom stereocenters. The average Bonchev–Trinajstić information content (AvgIpc) is 2.59. The Morgan fingerprint density at radius 2 is 1.76 bits per heavy atom. The first-order valence-corrected chi connectivity index (χ1v) is 8.27. The maximum absolute atomic E-state index is 12.9. The Bertz CT molecular complexity index is 1020. The third-order valence-electron chi connectivity index (χ3n) is 4.34. The Kier molecular flexibility index (Phi) is 4.40. The third-order valence-corrected chi connectivity index (χ3v) is 4.34. The molecule has 2 aromatic carbocycles. The second-order valence-corrected chi connectivity index (χ2v) is 6.47. The number of hydrogen-bond donors (Lipinski definition) is 1. The molecule has 25 heavy (non-hydrogen) atoms. The van der Waals surface area contributed by atoms with Crippen LogP contribution in [0.15, 0.2) is 47.3 Å². The molecule has 5 nitrogen and oxygen atoms in total. The topological polar surface area (TPSA) is 64.0 Å². The molecule has 3 rings (SSSR count). The molecule has 3 aromatic rings. The monoisotopic (exact) mass is 335 g/mol. The maximum atomic E-state index is 12.9. The van der Waals surface area contributed by atoms with Crippen molar-refractivity contribution in [2.75, 3.05) is 5.32 Å². The summed E-state index contributed by atoms with van der Waals surface area (Å²) in [6.07, 6.45) is 0. The van der Waals surface area contributed by atoms with Crippen molar-refractivity contribution in [1.82, 2.24) is 9.78 Å². The Labute approximate surface area is 146 Å². The largest absolute Gasteiger partial charge is 0.320 e. The summed E-state index contributed by atoms with van der Waals surface area (Å²) >= 11 is 0. The lowest BCUT2D eigenvalue weighted by Crippen LogP contribution is -2.25. The van der Waals surface area contributed by atoms with Gasteiger partial charge in [-0.25, -0.2) is 4.68 Å². The van der Waals surface area contributed by atoms with Crippen LogP contribution in [-0.4, -0.2) is 15.7 Å². The van der Waals surface area contributed by atoms with E-state index in [-0.39, 0.29) is 23.1 Å². The van der Waals surface area contributed by atoms with Crippen molar-refractivity contribution in [1.29, 1.82) is 0 Å². The zero-order chi connectivity index (χ0) is 18.1. The molecule has 1 heterocycles. The highest BCUT2D eigenvalue weighted by Gasteiger charge is 2.18. The lowest BCUT2D eigenvalue weighted by atomic mass is 9.98. The summed E-state index contributed by atoms with van der Waals surface area (Å²) in [5, 5.41) is 8.24. The number of carbonyl (C=O) groups excluding carboxylic acids is 1. The molecule has 0 spiro atoms. The predicted molar refractivity (Wildman–Crippen MR) is 100 cm³/mol. The van der Waals surface area contributed by atoms with Crippen molar-refractivity contribution < 1.29 is 4.79 Å². The van der Waals surface area contributed by atoms with E-state index in [1.165, 1.54) is 4.68 Å². The van der Waals surface area contributed by atoms with E-state index in [2.05, 4.69) is 24.3 Å². The van der Waals surface area contributed by atoms with Crippen molar-refractivity contribution >= 4 is 22.4 Å². The van der Waals surface area contributed by atoms with Crippen LogP contribution in [0.2, 0.25) is 0 Å². The highest BCUT2D eigenvalue weighted by atomic mass is 16.2. The van der Waals surface area contributed by atoms with Gasteiger partial charge in [0.05, 0.1) is 5.39 Å². The molecule has 0 radical (unpaired) electrons. The Morgan fingerprint density at radius 3 is 2.44 bits per heavy atom. The van der Waals surface area contributed by atoms with E-state index < -0.39 is 0 Å². The SMILES string of the molecule is Cc1cccc(C(C)C)c1NC(=O)c1nn(C)c(=O)c2ccccc12. The number of nitrogens with one attached hydrogen (secondary N) is 1. The summed E-state index contributed by atoms with van der Waals surface area (Å²) in [6.45, 7) is 6.14. The zero-order valence-electron chi connectivity index (χ0n) is 14.8. The molecule has 1 aromatic heterocycles. The number of amides is 1. The van der Waals surface area contributed by atoms with E-state index in [9.17, 15) is 9.59 Å². The molecule has 0 fully saturated rings. The van der Waals surface area contributed by atoms with Crippen molar-refractivity contribution in [3.8, 4) is 0 Å². The summed E-state index contributed by atoms with van der Waals surface area (Å²) < 4.78 is 1.21. The molecule has 1 amide bonds. The minimum atomic E-state index is -0.317. The number of benzene rings is 2. The number of para-hydroxylation sites is 1. The minimum Gasteiger partial charge on any atom is -0.320 e. The summed E-state index contributed by atoms with van der Waals surface area (Å²) in [5.41, 5.74) is 2.90. The smallest absolute Gasteiger partial charge is 0.276 e. The first-order valence-electron chi connectivity index (χ1n) is 8.27. The van der Waals surface area contributed by atoms with Gasteiger partial charge in [0.2, 0.25) is 0 Å². The van der Waals surface area contributed by atoms with E-state index in [1.807, 2.05) is 25.1 Å². The van der Waals surface area contributed by atoms with Crippen LogP contribution in [-0.2, 0) is 7.05 Å². The molecule has 0 aliphatic heterocycles. The first-order chi connectivity index (χ1) is 11.9. The van der Waals surface area contributed by atoms with Gasteiger partial charge in [-0.15, -0.1) is 0 Å². The zero-order valence-corrected chi connectivity index (χ0v) is 14.8. The normalized spacial score (nSPS) is 11.1. The van der Waals surface area contributed by atoms with Crippen molar-refractivity contribution in [3.63, 3.8) is 0 Å². The highest BCUT2D eigenvalue weighted by molar-refractivity contribution is 6.11. The van der Waals surface area contributed by atoms with E-state index in [0.717, 1.165) is 16.8 Å². The van der Waals surface area contributed by atoms with Gasteiger partial charge in [-0.05, 0) is 30.0 Å². The molecular formula is C20H21N3O2. The van der Waals surface area contributed by atoms with Gasteiger partial charge in [0.15, 0.2) is 5.69 Å². The maximum Gasteiger partial charge on any atom is 0.276 e. The summed E-state index contributed by atoms with van der Waals surface area (Å²) in [4.78, 5) is 25.2. The van der Waals surface area contributed by atoms with Gasteiger partial charge in [-0.1, -0.05) is 50.2 Å². The van der Waals surface area contributed by atoms with Crippen LogP contribution in [0.3, 0.4) is 0 Å². The van der Waals surface area contributed by atoms with Gasteiger partial charge in [0, 0.05) is 18.1 Å². The number of aryl methyl sites for hydroxylation is 2. The van der Waals surface area contributed by atoms with Crippen molar-refractivity contribution in [2.24, 2.45) is 7.05 Å². The number of aromatic nitrogens is 2. The second-order valence-electron chi connectivity index (χ2n) is 6.47. The fourth-order valence-corrected chi connectivity index (χ4v) is 2.98. The minimum absolute atomic E-state index is 0.217. The molecule has 0 unspecified atom stereocenters. The molecule has 0 bridgehead atoms. The van der Waals surface area contributed by atoms with Gasteiger partial charge < -0.3 is 5.32 Å². The summed E-state index contributed by atoms with van der Waals surface area (Å²) in [7, 11) is 1.55. The van der Waals surface area contributed by atoms with E-state index in [4.69, 9.17) is 0 Å². The fraction of sp³-hybridized carbons (Fsp3) is 0.250. The number of nitrogens with zero attached hydrogens (tertiary/aromatic N) is 2. The third kappa shape index (κ3) is 3.05. The highest BCUT2D eigenvalue weighted by Crippen LogP contribution is 2.28. The molecule has 5 heteroatoms. The number of fused-ring (bicyclic) bond motifs is 1. The van der Waals surface area contributed by atoms with Gasteiger partial charge in [0.1, 0.15) is 0 Å². The Balaban J connectivity index is 2.11. The first kappa shape index (κ1) is 16.9. The summed E-state index contributed by atoms with van der Waals surface area (Å²) in [5.74, 6) is -0.0389. The quantitative estimate of drug-likeness (QED) is 0.795. The van der Waals surface area contributed by atoms with Crippen LogP contribution in [0, 0.1) is 6.92 Å². The average molecular weight is 335 g/mol. The number of carbonyl (C=O) groups is 1. The predicted octanol–water partition coefficient (Wildman–Crippen LogP) is 3.62. The number of rotatable bonds is 3. The lowest BCUT2D eigenvalue weighted by Gasteiger charge is -2.17. The van der Waals surface area contributed by atoms with E-state index >= 15 is 0 Å². The van der Waals surface area contributed by atoms with Crippen LogP contribution < -0.4 is 10.9 Å². The standard InChI is InChI=1S/C20H21N3O2/c1-12(2)14-11-7-8-13(3)17(14)21-19(24)18-15-9-5-6-10-16(15)20(25)23(4)22-18/h5-12H,1-4H3,(H,21,24). The molecule has 0 aliphatic rings. The molecule has 0 saturated heterocycles.